The van der Waals surface area contributed by atoms with Crippen LogP contribution in [0.2, 0.25) is 0 Å². The maximum atomic E-state index is 10.2. The van der Waals surface area contributed by atoms with Crippen molar-refractivity contribution in [3.8, 4) is 0 Å². The lowest BCUT2D eigenvalue weighted by Gasteiger charge is -1.98. The molecule has 0 aromatic rings. The fourth-order valence-electron chi connectivity index (χ4n) is 0.659. The van der Waals surface area contributed by atoms with Crippen LogP contribution in [0.1, 0.15) is 33.1 Å². The first-order valence-corrected chi connectivity index (χ1v) is 4.92. The molecule has 0 aliphatic rings. The minimum Gasteiger partial charge on any atom is -0.466 e. The van der Waals surface area contributed by atoms with Crippen LogP contribution in [-0.2, 0) is 14.3 Å². The zero-order valence-corrected chi connectivity index (χ0v) is 9.41. The molecule has 4 nitrogen and oxygen atoms in total. The van der Waals surface area contributed by atoms with Crippen molar-refractivity contribution in [1.82, 2.24) is 0 Å². The Balaban J connectivity index is 0. The second-order valence-corrected chi connectivity index (χ2v) is 2.76. The molecule has 0 atom stereocenters. The van der Waals surface area contributed by atoms with Crippen LogP contribution >= 0.6 is 0 Å². The molecular formula is C10H22O4. The van der Waals surface area contributed by atoms with Crippen LogP contribution in [0, 0.1) is 0 Å². The van der Waals surface area contributed by atoms with Crippen molar-refractivity contribution in [3.63, 3.8) is 0 Å². The van der Waals surface area contributed by atoms with E-state index in [0.29, 0.717) is 13.2 Å². The van der Waals surface area contributed by atoms with Gasteiger partial charge in [0, 0.05) is 14.0 Å². The summed E-state index contributed by atoms with van der Waals surface area (Å²) >= 11 is 0. The van der Waals surface area contributed by atoms with E-state index in [1.54, 1.807) is 7.11 Å². The number of rotatable bonds is 6. The molecule has 0 amide bonds. The summed E-state index contributed by atoms with van der Waals surface area (Å²) in [7, 11) is 1.55. The standard InChI is InChI=1S/C7H14O2.C3H8O2/c1-3-4-5-6-9-7(2)8;1-5-3-2-4/h3-6H2,1-2H3;4H,2-3H2,1H3. The van der Waals surface area contributed by atoms with Crippen molar-refractivity contribution in [3.05, 3.63) is 0 Å². The van der Waals surface area contributed by atoms with Gasteiger partial charge in [0.05, 0.1) is 19.8 Å². The van der Waals surface area contributed by atoms with Crippen molar-refractivity contribution in [2.75, 3.05) is 26.9 Å². The first-order valence-electron chi connectivity index (χ1n) is 4.92. The summed E-state index contributed by atoms with van der Waals surface area (Å²) in [5.74, 6) is -0.175. The van der Waals surface area contributed by atoms with Gasteiger partial charge in [0.25, 0.3) is 0 Å². The maximum Gasteiger partial charge on any atom is 0.302 e. The van der Waals surface area contributed by atoms with Gasteiger partial charge in [-0.2, -0.15) is 0 Å². The number of ether oxygens (including phenoxy) is 2. The van der Waals surface area contributed by atoms with E-state index in [4.69, 9.17) is 9.84 Å². The number of hydrogen-bond acceptors (Lipinski definition) is 4. The minimum atomic E-state index is -0.175. The quantitative estimate of drug-likeness (QED) is 0.526. The topological polar surface area (TPSA) is 55.8 Å². The van der Waals surface area contributed by atoms with Crippen LogP contribution < -0.4 is 0 Å². The molecule has 86 valence electrons. The summed E-state index contributed by atoms with van der Waals surface area (Å²) in [5, 5.41) is 7.94. The molecular weight excluding hydrogens is 184 g/mol. The lowest BCUT2D eigenvalue weighted by atomic mass is 10.3. The Hall–Kier alpha value is -0.610. The third-order valence-corrected chi connectivity index (χ3v) is 1.35. The predicted molar refractivity (Wildman–Crippen MR) is 55.1 cm³/mol. The Labute approximate surface area is 86.2 Å². The number of carbonyl (C=O) groups is 1. The number of methoxy groups -OCH3 is 1. The average Bonchev–Trinajstić information content (AvgIpc) is 2.15. The molecule has 0 aliphatic heterocycles. The molecule has 0 rings (SSSR count). The zero-order valence-electron chi connectivity index (χ0n) is 9.41. The molecule has 0 aliphatic carbocycles. The molecule has 0 spiro atoms. The van der Waals surface area contributed by atoms with Crippen LogP contribution in [0.4, 0.5) is 0 Å². The van der Waals surface area contributed by atoms with Crippen molar-refractivity contribution in [2.24, 2.45) is 0 Å². The molecule has 0 fully saturated rings. The highest BCUT2D eigenvalue weighted by Gasteiger charge is 1.89. The molecule has 0 bridgehead atoms. The van der Waals surface area contributed by atoms with Crippen LogP contribution in [-0.4, -0.2) is 38.0 Å². The van der Waals surface area contributed by atoms with Gasteiger partial charge in [-0.15, -0.1) is 0 Å². The molecule has 4 heteroatoms. The predicted octanol–water partition coefficient (Wildman–Crippen LogP) is 1.36. The van der Waals surface area contributed by atoms with Gasteiger partial charge in [-0.3, -0.25) is 4.79 Å². The molecule has 0 heterocycles. The highest BCUT2D eigenvalue weighted by molar-refractivity contribution is 5.65. The molecule has 0 saturated carbocycles. The van der Waals surface area contributed by atoms with Gasteiger partial charge < -0.3 is 14.6 Å². The van der Waals surface area contributed by atoms with E-state index in [0.717, 1.165) is 12.8 Å². The van der Waals surface area contributed by atoms with E-state index in [-0.39, 0.29) is 12.6 Å². The Morgan fingerprint density at radius 3 is 2.21 bits per heavy atom. The Morgan fingerprint density at radius 2 is 1.93 bits per heavy atom. The van der Waals surface area contributed by atoms with Crippen LogP contribution in [0.5, 0.6) is 0 Å². The van der Waals surface area contributed by atoms with Crippen LogP contribution in [0.15, 0.2) is 0 Å². The van der Waals surface area contributed by atoms with E-state index < -0.39 is 0 Å². The zero-order chi connectivity index (χ0) is 11.2. The number of carbonyl (C=O) groups excluding carboxylic acids is 1. The minimum absolute atomic E-state index is 0.122. The summed E-state index contributed by atoms with van der Waals surface area (Å²) in [5.41, 5.74) is 0. The van der Waals surface area contributed by atoms with E-state index in [2.05, 4.69) is 11.7 Å². The van der Waals surface area contributed by atoms with Crippen LogP contribution in [0.3, 0.4) is 0 Å². The number of esters is 1. The van der Waals surface area contributed by atoms with Crippen LogP contribution in [0.25, 0.3) is 0 Å². The second-order valence-electron chi connectivity index (χ2n) is 2.76. The van der Waals surface area contributed by atoms with Gasteiger partial charge in [-0.1, -0.05) is 19.8 Å². The SMILES string of the molecule is CCCCCOC(C)=O.COCCO. The van der Waals surface area contributed by atoms with E-state index in [9.17, 15) is 4.79 Å². The average molecular weight is 206 g/mol. The third kappa shape index (κ3) is 22.5. The van der Waals surface area contributed by atoms with Gasteiger partial charge in [-0.05, 0) is 6.42 Å². The van der Waals surface area contributed by atoms with Crippen molar-refractivity contribution in [2.45, 2.75) is 33.1 Å². The lowest BCUT2D eigenvalue weighted by Crippen LogP contribution is -1.99. The Bertz CT molecular complexity index is 113. The normalized spacial score (nSPS) is 8.86. The molecule has 1 N–H and O–H groups in total. The lowest BCUT2D eigenvalue weighted by molar-refractivity contribution is -0.141. The molecule has 0 aromatic heterocycles. The molecule has 0 unspecified atom stereocenters. The first-order chi connectivity index (χ1) is 6.68. The molecule has 0 saturated heterocycles. The maximum absolute atomic E-state index is 10.2. The van der Waals surface area contributed by atoms with Gasteiger partial charge in [0.15, 0.2) is 0 Å². The molecule has 0 radical (unpaired) electrons. The number of aliphatic hydroxyl groups is 1. The summed E-state index contributed by atoms with van der Waals surface area (Å²) < 4.78 is 9.15. The Kier molecular flexibility index (Phi) is 16.9. The fourth-order valence-corrected chi connectivity index (χ4v) is 0.659. The summed E-state index contributed by atoms with van der Waals surface area (Å²) in [6.45, 7) is 4.71. The fraction of sp³-hybridized carbons (Fsp3) is 0.900. The van der Waals surface area contributed by atoms with E-state index in [1.165, 1.54) is 13.3 Å². The van der Waals surface area contributed by atoms with E-state index in [1.807, 2.05) is 0 Å². The highest BCUT2D eigenvalue weighted by Crippen LogP contribution is 1.93. The highest BCUT2D eigenvalue weighted by atomic mass is 16.5. The molecule has 14 heavy (non-hydrogen) atoms. The van der Waals surface area contributed by atoms with E-state index >= 15 is 0 Å². The second kappa shape index (κ2) is 14.9. The number of aliphatic hydroxyl groups excluding tert-OH is 1. The van der Waals surface area contributed by atoms with Crippen molar-refractivity contribution >= 4 is 5.97 Å². The van der Waals surface area contributed by atoms with Gasteiger partial charge in [0.2, 0.25) is 0 Å². The largest absolute Gasteiger partial charge is 0.466 e. The third-order valence-electron chi connectivity index (χ3n) is 1.35. The summed E-state index contributed by atoms with van der Waals surface area (Å²) in [6.07, 6.45) is 3.31. The van der Waals surface area contributed by atoms with Gasteiger partial charge in [-0.25, -0.2) is 0 Å². The smallest absolute Gasteiger partial charge is 0.302 e. The number of unbranched alkanes of at least 4 members (excludes halogenated alkanes) is 2. The van der Waals surface area contributed by atoms with Crippen molar-refractivity contribution in [1.29, 1.82) is 0 Å². The van der Waals surface area contributed by atoms with Gasteiger partial charge >= 0.3 is 5.97 Å². The number of hydrogen-bond donors (Lipinski definition) is 1. The Morgan fingerprint density at radius 1 is 1.29 bits per heavy atom. The van der Waals surface area contributed by atoms with Crippen molar-refractivity contribution < 1.29 is 19.4 Å². The monoisotopic (exact) mass is 206 g/mol. The first kappa shape index (κ1) is 15.8. The molecule has 0 aromatic carbocycles. The summed E-state index contributed by atoms with van der Waals surface area (Å²) in [6, 6.07) is 0. The van der Waals surface area contributed by atoms with Gasteiger partial charge in [0.1, 0.15) is 0 Å². The summed E-state index contributed by atoms with van der Waals surface area (Å²) in [4.78, 5) is 10.2.